The fraction of sp³-hybridized carbons (Fsp3) is 0.130. The van der Waals surface area contributed by atoms with Crippen molar-refractivity contribution in [2.45, 2.75) is 19.9 Å². The Morgan fingerprint density at radius 3 is 2.71 bits per heavy atom. The van der Waals surface area contributed by atoms with Crippen LogP contribution in [0.4, 0.5) is 10.8 Å². The van der Waals surface area contributed by atoms with Crippen molar-refractivity contribution >= 4 is 38.8 Å². The Kier molecular flexibility index (Phi) is 5.08. The molecule has 2 N–H and O–H groups in total. The van der Waals surface area contributed by atoms with E-state index in [0.29, 0.717) is 5.56 Å². The number of thiazole rings is 1. The van der Waals surface area contributed by atoms with Crippen molar-refractivity contribution in [1.29, 1.82) is 0 Å². The van der Waals surface area contributed by atoms with Crippen LogP contribution in [0.1, 0.15) is 34.5 Å². The summed E-state index contributed by atoms with van der Waals surface area (Å²) in [6.45, 7) is 3.97. The number of nitrogens with zero attached hydrogens (tertiary/aromatic N) is 1. The Morgan fingerprint density at radius 1 is 1.07 bits per heavy atom. The maximum Gasteiger partial charge on any atom is 0.252 e. The van der Waals surface area contributed by atoms with E-state index in [1.54, 1.807) is 6.20 Å². The van der Waals surface area contributed by atoms with Gasteiger partial charge in [0.15, 0.2) is 5.13 Å². The lowest BCUT2D eigenvalue weighted by Gasteiger charge is -2.18. The molecular formula is C23H21N3OS. The third kappa shape index (κ3) is 3.75. The molecule has 4 aromatic rings. The molecule has 0 aliphatic carbocycles. The van der Waals surface area contributed by atoms with Crippen LogP contribution in [0, 0.1) is 6.92 Å². The van der Waals surface area contributed by atoms with Gasteiger partial charge < -0.3 is 10.6 Å². The molecule has 0 spiro atoms. The molecular weight excluding hydrogens is 366 g/mol. The average molecular weight is 388 g/mol. The lowest BCUT2D eigenvalue weighted by Crippen LogP contribution is -2.27. The van der Waals surface area contributed by atoms with Gasteiger partial charge in [0.05, 0.1) is 6.04 Å². The third-order valence-electron chi connectivity index (χ3n) is 4.80. The molecule has 28 heavy (non-hydrogen) atoms. The molecule has 0 saturated heterocycles. The first kappa shape index (κ1) is 18.2. The van der Waals surface area contributed by atoms with Crippen LogP contribution in [-0.4, -0.2) is 10.9 Å². The van der Waals surface area contributed by atoms with Gasteiger partial charge in [0.2, 0.25) is 0 Å². The van der Waals surface area contributed by atoms with Gasteiger partial charge in [-0.25, -0.2) is 4.98 Å². The summed E-state index contributed by atoms with van der Waals surface area (Å²) in [5, 5.41) is 11.4. The van der Waals surface area contributed by atoms with Gasteiger partial charge >= 0.3 is 0 Å². The van der Waals surface area contributed by atoms with E-state index in [1.807, 2.05) is 55.6 Å². The van der Waals surface area contributed by atoms with Crippen LogP contribution in [0.3, 0.4) is 0 Å². The van der Waals surface area contributed by atoms with E-state index >= 15 is 0 Å². The van der Waals surface area contributed by atoms with Crippen LogP contribution >= 0.6 is 11.3 Å². The van der Waals surface area contributed by atoms with Gasteiger partial charge in [-0.3, -0.25) is 4.79 Å². The normalized spacial score (nSPS) is 11.9. The number of benzene rings is 3. The number of rotatable bonds is 5. The van der Waals surface area contributed by atoms with Crippen molar-refractivity contribution in [3.63, 3.8) is 0 Å². The molecule has 1 heterocycles. The lowest BCUT2D eigenvalue weighted by atomic mass is 9.99. The van der Waals surface area contributed by atoms with E-state index in [2.05, 4.69) is 39.9 Å². The maximum absolute atomic E-state index is 13.0. The molecule has 140 valence electrons. The van der Waals surface area contributed by atoms with E-state index in [1.165, 1.54) is 16.7 Å². The number of carbonyl (C=O) groups is 1. The molecule has 0 fully saturated rings. The Hall–Kier alpha value is -3.18. The predicted octanol–water partition coefficient (Wildman–Crippen LogP) is 5.84. The number of aromatic nitrogens is 1. The Bertz CT molecular complexity index is 1120. The molecule has 1 amide bonds. The van der Waals surface area contributed by atoms with E-state index in [9.17, 15) is 4.79 Å². The minimum atomic E-state index is -0.103. The monoisotopic (exact) mass is 387 g/mol. The Balaban J connectivity index is 1.57. The molecule has 3 aromatic carbocycles. The second kappa shape index (κ2) is 7.82. The first-order valence-electron chi connectivity index (χ1n) is 9.17. The van der Waals surface area contributed by atoms with Crippen LogP contribution in [0.15, 0.2) is 72.2 Å². The van der Waals surface area contributed by atoms with Crippen LogP contribution in [0.25, 0.3) is 10.8 Å². The van der Waals surface area contributed by atoms with Gasteiger partial charge in [-0.05, 0) is 47.9 Å². The van der Waals surface area contributed by atoms with Crippen LogP contribution in [-0.2, 0) is 0 Å². The smallest absolute Gasteiger partial charge is 0.252 e. The molecule has 5 heteroatoms. The average Bonchev–Trinajstić information content (AvgIpc) is 3.22. The van der Waals surface area contributed by atoms with Gasteiger partial charge in [-0.2, -0.15) is 0 Å². The van der Waals surface area contributed by atoms with Crippen molar-refractivity contribution in [1.82, 2.24) is 10.3 Å². The van der Waals surface area contributed by atoms with E-state index in [4.69, 9.17) is 0 Å². The number of nitrogens with one attached hydrogen (secondary N) is 2. The van der Waals surface area contributed by atoms with Crippen molar-refractivity contribution in [2.24, 2.45) is 0 Å². The minimum Gasteiger partial charge on any atom is -0.345 e. The molecule has 1 atom stereocenters. The Morgan fingerprint density at radius 2 is 1.89 bits per heavy atom. The molecule has 0 aliphatic heterocycles. The molecule has 0 saturated carbocycles. The maximum atomic E-state index is 13.0. The summed E-state index contributed by atoms with van der Waals surface area (Å²) in [6, 6.07) is 20.1. The quantitative estimate of drug-likeness (QED) is 0.452. The molecule has 0 radical (unpaired) electrons. The molecule has 0 bridgehead atoms. The lowest BCUT2D eigenvalue weighted by molar-refractivity contribution is 0.0939. The molecule has 0 unspecified atom stereocenters. The summed E-state index contributed by atoms with van der Waals surface area (Å²) in [5.41, 5.74) is 3.56. The molecule has 4 rings (SSSR count). The summed E-state index contributed by atoms with van der Waals surface area (Å²) in [7, 11) is 0. The molecule has 1 aromatic heterocycles. The zero-order chi connectivity index (χ0) is 19.5. The second-order valence-corrected chi connectivity index (χ2v) is 7.65. The number of hydrogen-bond acceptors (Lipinski definition) is 4. The highest BCUT2D eigenvalue weighted by molar-refractivity contribution is 7.13. The van der Waals surface area contributed by atoms with Gasteiger partial charge in [0.25, 0.3) is 5.91 Å². The molecule has 0 aliphatic rings. The number of amides is 1. The fourth-order valence-corrected chi connectivity index (χ4v) is 3.88. The Labute approximate surface area is 168 Å². The van der Waals surface area contributed by atoms with Gasteiger partial charge in [-0.1, -0.05) is 48.5 Å². The zero-order valence-corrected chi connectivity index (χ0v) is 16.6. The van der Waals surface area contributed by atoms with E-state index < -0.39 is 0 Å². The summed E-state index contributed by atoms with van der Waals surface area (Å²) in [5.74, 6) is -0.0827. The highest BCUT2D eigenvalue weighted by atomic mass is 32.1. The standard InChI is InChI=1S/C23H21N3OS/c1-15-10-11-18(26-23-24-12-13-28-23)14-21(15)22(27)25-16(2)19-9-5-7-17-6-3-4-8-20(17)19/h3-14,16H,1-2H3,(H,24,26)(H,25,27)/t16-/m1/s1. The van der Waals surface area contributed by atoms with Crippen LogP contribution in [0.2, 0.25) is 0 Å². The number of fused-ring (bicyclic) bond motifs is 1. The summed E-state index contributed by atoms with van der Waals surface area (Å²) in [4.78, 5) is 17.2. The largest absolute Gasteiger partial charge is 0.345 e. The predicted molar refractivity (Wildman–Crippen MR) is 116 cm³/mol. The topological polar surface area (TPSA) is 54.0 Å². The van der Waals surface area contributed by atoms with Gasteiger partial charge in [0.1, 0.15) is 0 Å². The number of hydrogen-bond donors (Lipinski definition) is 2. The van der Waals surface area contributed by atoms with Crippen molar-refractivity contribution in [3.8, 4) is 0 Å². The van der Waals surface area contributed by atoms with Gasteiger partial charge in [0, 0.05) is 22.8 Å². The fourth-order valence-electron chi connectivity index (χ4n) is 3.33. The van der Waals surface area contributed by atoms with Crippen LogP contribution < -0.4 is 10.6 Å². The van der Waals surface area contributed by atoms with Crippen molar-refractivity contribution in [3.05, 3.63) is 88.9 Å². The number of anilines is 2. The van der Waals surface area contributed by atoms with E-state index in [0.717, 1.165) is 27.3 Å². The SMILES string of the molecule is Cc1ccc(Nc2nccs2)cc1C(=O)N[C@H](C)c1cccc2ccccc12. The number of carbonyl (C=O) groups excluding carboxylic acids is 1. The molecule has 4 nitrogen and oxygen atoms in total. The highest BCUT2D eigenvalue weighted by Gasteiger charge is 2.16. The third-order valence-corrected chi connectivity index (χ3v) is 5.49. The van der Waals surface area contributed by atoms with E-state index in [-0.39, 0.29) is 11.9 Å². The van der Waals surface area contributed by atoms with Crippen molar-refractivity contribution in [2.75, 3.05) is 5.32 Å². The summed E-state index contributed by atoms with van der Waals surface area (Å²) < 4.78 is 0. The first-order chi connectivity index (χ1) is 13.6. The zero-order valence-electron chi connectivity index (χ0n) is 15.8. The highest BCUT2D eigenvalue weighted by Crippen LogP contribution is 2.25. The van der Waals surface area contributed by atoms with Gasteiger partial charge in [-0.15, -0.1) is 11.3 Å². The van der Waals surface area contributed by atoms with Crippen LogP contribution in [0.5, 0.6) is 0 Å². The summed E-state index contributed by atoms with van der Waals surface area (Å²) in [6.07, 6.45) is 1.75. The first-order valence-corrected chi connectivity index (χ1v) is 10.1. The summed E-state index contributed by atoms with van der Waals surface area (Å²) >= 11 is 1.52. The minimum absolute atomic E-state index is 0.0827. The number of aryl methyl sites for hydroxylation is 1. The second-order valence-electron chi connectivity index (χ2n) is 6.76. The van der Waals surface area contributed by atoms with Crippen molar-refractivity contribution < 1.29 is 4.79 Å².